The van der Waals surface area contributed by atoms with Gasteiger partial charge in [-0.05, 0) is 24.6 Å². The third-order valence-electron chi connectivity index (χ3n) is 2.94. The number of phenols is 1. The molecule has 106 valence electrons. The molecule has 0 atom stereocenters. The zero-order valence-electron chi connectivity index (χ0n) is 10.9. The third kappa shape index (κ3) is 2.50. The predicted octanol–water partition coefficient (Wildman–Crippen LogP) is 2.27. The zero-order chi connectivity index (χ0) is 15.0. The number of nitrogens with one attached hydrogen (secondary N) is 2. The molecule has 7 nitrogen and oxygen atoms in total. The zero-order valence-corrected chi connectivity index (χ0v) is 11.6. The highest BCUT2D eigenvalue weighted by Crippen LogP contribution is 2.20. The van der Waals surface area contributed by atoms with Gasteiger partial charge in [0.2, 0.25) is 5.95 Å². The molecule has 0 spiro atoms. The van der Waals surface area contributed by atoms with Crippen LogP contribution in [0.25, 0.3) is 11.2 Å². The topological polar surface area (TPSA) is 104 Å². The van der Waals surface area contributed by atoms with E-state index in [2.05, 4.69) is 25.3 Å². The molecule has 0 aliphatic carbocycles. The number of amides is 1. The largest absolute Gasteiger partial charge is 0.508 e. The molecule has 8 heteroatoms. The van der Waals surface area contributed by atoms with Crippen LogP contribution >= 0.6 is 11.6 Å². The average Bonchev–Trinajstić information content (AvgIpc) is 2.90. The number of phenolic OH excluding ortho intramolecular Hbond substituents is 1. The number of aryl methyl sites for hydroxylation is 1. The van der Waals surface area contributed by atoms with Gasteiger partial charge >= 0.3 is 0 Å². The summed E-state index contributed by atoms with van der Waals surface area (Å²) < 4.78 is 0. The van der Waals surface area contributed by atoms with E-state index in [-0.39, 0.29) is 16.9 Å². The number of imidazole rings is 1. The Bertz CT molecular complexity index is 846. The number of anilines is 1. The van der Waals surface area contributed by atoms with Crippen LogP contribution in [0.15, 0.2) is 24.5 Å². The molecule has 0 unspecified atom stereocenters. The molecule has 0 saturated carbocycles. The van der Waals surface area contributed by atoms with Crippen molar-refractivity contribution in [2.75, 3.05) is 5.32 Å². The molecule has 21 heavy (non-hydrogen) atoms. The molecular formula is C13H10ClN5O2. The van der Waals surface area contributed by atoms with E-state index in [0.29, 0.717) is 22.3 Å². The fourth-order valence-corrected chi connectivity index (χ4v) is 2.00. The second-order valence-electron chi connectivity index (χ2n) is 4.39. The lowest BCUT2D eigenvalue weighted by Crippen LogP contribution is -2.14. The fourth-order valence-electron chi connectivity index (χ4n) is 1.78. The molecule has 3 N–H and O–H groups in total. The van der Waals surface area contributed by atoms with Crippen LogP contribution in [0.5, 0.6) is 5.75 Å². The summed E-state index contributed by atoms with van der Waals surface area (Å²) in [4.78, 5) is 26.9. The van der Waals surface area contributed by atoms with E-state index in [1.54, 1.807) is 19.1 Å². The van der Waals surface area contributed by atoms with Gasteiger partial charge < -0.3 is 10.1 Å². The monoisotopic (exact) mass is 303 g/mol. The smallest absolute Gasteiger partial charge is 0.258 e. The minimum absolute atomic E-state index is 0.0457. The van der Waals surface area contributed by atoms with Crippen molar-refractivity contribution in [2.24, 2.45) is 0 Å². The van der Waals surface area contributed by atoms with Crippen molar-refractivity contribution in [3.8, 4) is 5.75 Å². The number of carbonyl (C=O) groups is 1. The van der Waals surface area contributed by atoms with Crippen LogP contribution in [0, 0.1) is 6.92 Å². The number of fused-ring (bicyclic) bond motifs is 1. The van der Waals surface area contributed by atoms with Gasteiger partial charge in [0, 0.05) is 5.56 Å². The molecule has 0 aliphatic rings. The highest BCUT2D eigenvalue weighted by molar-refractivity contribution is 6.33. The number of aromatic nitrogens is 4. The molecule has 2 aromatic heterocycles. The molecule has 0 saturated heterocycles. The summed E-state index contributed by atoms with van der Waals surface area (Å²) in [6.07, 6.45) is 1.44. The minimum atomic E-state index is -0.448. The average molecular weight is 304 g/mol. The van der Waals surface area contributed by atoms with Crippen LogP contribution in [0.2, 0.25) is 5.15 Å². The molecule has 0 fully saturated rings. The van der Waals surface area contributed by atoms with E-state index < -0.39 is 5.91 Å². The first kappa shape index (κ1) is 13.3. The van der Waals surface area contributed by atoms with Gasteiger partial charge in [-0.2, -0.15) is 9.97 Å². The number of hydrogen-bond donors (Lipinski definition) is 3. The Hall–Kier alpha value is -2.67. The van der Waals surface area contributed by atoms with E-state index in [0.717, 1.165) is 0 Å². The lowest BCUT2D eigenvalue weighted by atomic mass is 10.1. The number of benzene rings is 1. The summed E-state index contributed by atoms with van der Waals surface area (Å²) in [5.41, 5.74) is 1.84. The van der Waals surface area contributed by atoms with Crippen LogP contribution in [0.1, 0.15) is 15.9 Å². The quantitative estimate of drug-likeness (QED) is 0.630. The highest BCUT2D eigenvalue weighted by atomic mass is 35.5. The number of nitrogens with zero attached hydrogens (tertiary/aromatic N) is 3. The predicted molar refractivity (Wildman–Crippen MR) is 77.5 cm³/mol. The number of halogens is 1. The molecule has 0 radical (unpaired) electrons. The number of H-pyrrole nitrogens is 1. The van der Waals surface area contributed by atoms with Gasteiger partial charge in [0.25, 0.3) is 5.91 Å². The van der Waals surface area contributed by atoms with E-state index >= 15 is 0 Å². The maximum atomic E-state index is 12.1. The van der Waals surface area contributed by atoms with Gasteiger partial charge in [0.1, 0.15) is 11.3 Å². The van der Waals surface area contributed by atoms with Crippen molar-refractivity contribution >= 4 is 34.6 Å². The van der Waals surface area contributed by atoms with Gasteiger partial charge in [-0.15, -0.1) is 0 Å². The Morgan fingerprint density at radius 2 is 2.19 bits per heavy atom. The molecular weight excluding hydrogens is 294 g/mol. The van der Waals surface area contributed by atoms with Crippen LogP contribution in [0.3, 0.4) is 0 Å². The van der Waals surface area contributed by atoms with Gasteiger partial charge in [0.05, 0.1) is 6.33 Å². The SMILES string of the molecule is Cc1ccc(C(=O)Nc2nc(Cl)c3[nH]cnc3n2)cc1O. The molecule has 1 amide bonds. The second kappa shape index (κ2) is 5.02. The third-order valence-corrected chi connectivity index (χ3v) is 3.21. The summed E-state index contributed by atoms with van der Waals surface area (Å²) >= 11 is 5.97. The molecule has 1 aromatic carbocycles. The number of rotatable bonds is 2. The number of aromatic hydroxyl groups is 1. The standard InChI is InChI=1S/C13H10ClN5O2/c1-6-2-3-7(4-8(6)20)12(21)19-13-17-10(14)9-11(18-13)16-5-15-9/h2-5,20H,1H3,(H2,15,16,17,18,19,21). The first-order chi connectivity index (χ1) is 10.0. The Balaban J connectivity index is 1.90. The van der Waals surface area contributed by atoms with Crippen molar-refractivity contribution in [1.29, 1.82) is 0 Å². The van der Waals surface area contributed by atoms with Crippen LogP contribution in [-0.2, 0) is 0 Å². The van der Waals surface area contributed by atoms with Crippen molar-refractivity contribution in [1.82, 2.24) is 19.9 Å². The van der Waals surface area contributed by atoms with E-state index in [1.807, 2.05) is 0 Å². The molecule has 3 rings (SSSR count). The van der Waals surface area contributed by atoms with E-state index in [1.165, 1.54) is 12.4 Å². The highest BCUT2D eigenvalue weighted by Gasteiger charge is 2.13. The van der Waals surface area contributed by atoms with Crippen LogP contribution in [0.4, 0.5) is 5.95 Å². The van der Waals surface area contributed by atoms with Crippen molar-refractivity contribution in [3.63, 3.8) is 0 Å². The maximum absolute atomic E-state index is 12.1. The molecule has 3 aromatic rings. The molecule has 2 heterocycles. The van der Waals surface area contributed by atoms with Crippen LogP contribution in [-0.4, -0.2) is 30.9 Å². The van der Waals surface area contributed by atoms with Gasteiger partial charge in [-0.1, -0.05) is 17.7 Å². The Morgan fingerprint density at radius 1 is 1.38 bits per heavy atom. The normalized spacial score (nSPS) is 10.8. The summed E-state index contributed by atoms with van der Waals surface area (Å²) in [6.45, 7) is 1.74. The van der Waals surface area contributed by atoms with Crippen molar-refractivity contribution in [2.45, 2.75) is 6.92 Å². The number of aromatic amines is 1. The first-order valence-electron chi connectivity index (χ1n) is 6.02. The Labute approximate surface area is 124 Å². The summed E-state index contributed by atoms with van der Waals surface area (Å²) in [5, 5.41) is 12.3. The fraction of sp³-hybridized carbons (Fsp3) is 0.0769. The van der Waals surface area contributed by atoms with Gasteiger partial charge in [-0.25, -0.2) is 4.98 Å². The van der Waals surface area contributed by atoms with E-state index in [9.17, 15) is 9.90 Å². The van der Waals surface area contributed by atoms with Crippen LogP contribution < -0.4 is 5.32 Å². The summed E-state index contributed by atoms with van der Waals surface area (Å²) in [7, 11) is 0. The summed E-state index contributed by atoms with van der Waals surface area (Å²) in [5.74, 6) is -0.356. The number of carbonyl (C=O) groups excluding carboxylic acids is 1. The maximum Gasteiger partial charge on any atom is 0.258 e. The van der Waals surface area contributed by atoms with Crippen molar-refractivity contribution in [3.05, 3.63) is 40.8 Å². The van der Waals surface area contributed by atoms with Gasteiger partial charge in [0.15, 0.2) is 10.8 Å². The Morgan fingerprint density at radius 3 is 2.95 bits per heavy atom. The Kier molecular flexibility index (Phi) is 3.19. The van der Waals surface area contributed by atoms with Crippen molar-refractivity contribution < 1.29 is 9.90 Å². The van der Waals surface area contributed by atoms with Gasteiger partial charge in [-0.3, -0.25) is 10.1 Å². The lowest BCUT2D eigenvalue weighted by Gasteiger charge is -2.05. The number of hydrogen-bond acceptors (Lipinski definition) is 5. The lowest BCUT2D eigenvalue weighted by molar-refractivity contribution is 0.102. The molecule has 0 aliphatic heterocycles. The second-order valence-corrected chi connectivity index (χ2v) is 4.75. The van der Waals surface area contributed by atoms with E-state index in [4.69, 9.17) is 11.6 Å². The summed E-state index contributed by atoms with van der Waals surface area (Å²) in [6, 6.07) is 4.62. The first-order valence-corrected chi connectivity index (χ1v) is 6.40. The molecule has 0 bridgehead atoms. The minimum Gasteiger partial charge on any atom is -0.508 e.